The first-order valence-electron chi connectivity index (χ1n) is 19.8. The van der Waals surface area contributed by atoms with Gasteiger partial charge in [0.15, 0.2) is 5.78 Å². The molecule has 58 heavy (non-hydrogen) atoms. The summed E-state index contributed by atoms with van der Waals surface area (Å²) in [6.07, 6.45) is 7.56. The van der Waals surface area contributed by atoms with Crippen molar-refractivity contribution in [1.82, 2.24) is 34.5 Å². The third-order valence-electron chi connectivity index (χ3n) is 12.5. The number of carbonyl (C=O) groups is 4. The van der Waals surface area contributed by atoms with Crippen molar-refractivity contribution in [2.24, 2.45) is 0 Å². The number of hydrogen-bond donors (Lipinski definition) is 2. The maximum atomic E-state index is 15.1. The van der Waals surface area contributed by atoms with Crippen LogP contribution in [0.4, 0.5) is 20.2 Å². The number of hydrogen-bond acceptors (Lipinski definition) is 10. The van der Waals surface area contributed by atoms with Crippen LogP contribution < -0.4 is 15.5 Å². The Balaban J connectivity index is 0.778. The van der Waals surface area contributed by atoms with Crippen molar-refractivity contribution in [3.8, 4) is 6.07 Å². The highest BCUT2D eigenvalue weighted by Gasteiger charge is 2.38. The fourth-order valence-corrected chi connectivity index (χ4v) is 9.20. The van der Waals surface area contributed by atoms with Crippen molar-refractivity contribution in [1.29, 1.82) is 5.26 Å². The van der Waals surface area contributed by atoms with Crippen LogP contribution in [0, 0.1) is 23.0 Å². The van der Waals surface area contributed by atoms with Crippen LogP contribution in [0.3, 0.4) is 0 Å². The molecule has 4 fully saturated rings. The molecule has 14 nitrogen and oxygen atoms in total. The van der Waals surface area contributed by atoms with Crippen molar-refractivity contribution in [2.45, 2.75) is 69.5 Å². The van der Waals surface area contributed by atoms with E-state index in [1.165, 1.54) is 29.8 Å². The monoisotopic (exact) mass is 788 g/mol. The molecule has 6 heterocycles. The van der Waals surface area contributed by atoms with Gasteiger partial charge in [-0.1, -0.05) is 0 Å². The highest BCUT2D eigenvalue weighted by atomic mass is 19.1. The number of nitriles is 1. The summed E-state index contributed by atoms with van der Waals surface area (Å²) in [7, 11) is 0. The minimum Gasteiger partial charge on any atom is -0.368 e. The molecule has 0 bridgehead atoms. The summed E-state index contributed by atoms with van der Waals surface area (Å²) in [6, 6.07) is 14.2. The number of aromatic nitrogens is 4. The van der Waals surface area contributed by atoms with Crippen molar-refractivity contribution in [3.05, 3.63) is 88.9 Å². The highest BCUT2D eigenvalue weighted by Crippen LogP contribution is 2.36. The van der Waals surface area contributed by atoms with Crippen LogP contribution in [0.15, 0.2) is 54.9 Å². The molecular formula is C42H42F2N10O4. The number of fused-ring (bicyclic) bond motifs is 2. The molecule has 2 N–H and O–H groups in total. The molecule has 1 atom stereocenters. The number of amides is 3. The lowest BCUT2D eigenvalue weighted by molar-refractivity contribution is -0.134. The molecule has 4 aliphatic rings. The number of imide groups is 1. The largest absolute Gasteiger partial charge is 0.368 e. The van der Waals surface area contributed by atoms with Crippen LogP contribution >= 0.6 is 0 Å². The van der Waals surface area contributed by atoms with E-state index in [4.69, 9.17) is 5.10 Å². The zero-order chi connectivity index (χ0) is 40.2. The number of benzene rings is 2. The molecule has 1 aliphatic carbocycles. The fourth-order valence-electron chi connectivity index (χ4n) is 9.20. The Bertz CT molecular complexity index is 2500. The van der Waals surface area contributed by atoms with E-state index in [1.807, 2.05) is 21.8 Å². The van der Waals surface area contributed by atoms with Crippen LogP contribution in [0.5, 0.6) is 0 Å². The topological polar surface area (TPSA) is 161 Å². The SMILES string of the molecule is CC(=O)c1cc2nn(C3CCC(N4CCN(C5CN(c6cc(F)c(C7CCC(=O)NC7=O)c(F)c6)C5)CC4)CC3)cc2cc1NC(=O)c1ccc2cc(C#N)cnn12. The number of piperidine rings is 1. The lowest BCUT2D eigenvalue weighted by Crippen LogP contribution is -2.64. The second-order valence-electron chi connectivity index (χ2n) is 15.9. The Morgan fingerprint density at radius 3 is 2.26 bits per heavy atom. The molecular weight excluding hydrogens is 747 g/mol. The maximum Gasteiger partial charge on any atom is 0.274 e. The Kier molecular flexibility index (Phi) is 9.73. The summed E-state index contributed by atoms with van der Waals surface area (Å²) in [5, 5.41) is 24.2. The van der Waals surface area contributed by atoms with E-state index in [1.54, 1.807) is 30.3 Å². The number of ketones is 1. The van der Waals surface area contributed by atoms with Crippen molar-refractivity contribution in [2.75, 3.05) is 49.5 Å². The Morgan fingerprint density at radius 1 is 0.897 bits per heavy atom. The zero-order valence-electron chi connectivity index (χ0n) is 32.0. The van der Waals surface area contributed by atoms with Gasteiger partial charge in [-0.05, 0) is 81.5 Å². The summed E-state index contributed by atoms with van der Waals surface area (Å²) in [5.74, 6) is -4.22. The number of halogens is 2. The maximum absolute atomic E-state index is 15.1. The molecule has 1 saturated carbocycles. The van der Waals surface area contributed by atoms with E-state index in [2.05, 4.69) is 25.5 Å². The standard InChI is InChI=1S/C42H42F2N10O4/c1-24(55)33-18-36-26(15-37(33)47-42(58)38-8-6-29-14-25(19-45)20-46-54(29)38)21-53(49-36)28-4-2-27(3-5-28)50-10-12-51(13-11-50)31-22-52(23-31)30-16-34(43)40(35(44)17-30)32-7-9-39(56)48-41(32)57/h6,8,14-18,20-21,27-28,31-32H,2-5,7,9-13,22-23H2,1H3,(H,47,58)(H,48,56,57). The number of nitrogens with one attached hydrogen (secondary N) is 2. The van der Waals surface area contributed by atoms with Crippen LogP contribution in [0.1, 0.15) is 89.4 Å². The van der Waals surface area contributed by atoms with Crippen molar-refractivity contribution in [3.63, 3.8) is 0 Å². The van der Waals surface area contributed by atoms with E-state index < -0.39 is 35.3 Å². The first-order valence-corrected chi connectivity index (χ1v) is 19.8. The molecule has 0 radical (unpaired) electrons. The Hall–Kier alpha value is -6.05. The average Bonchev–Trinajstić information content (AvgIpc) is 3.82. The van der Waals surface area contributed by atoms with Crippen LogP contribution in [0.25, 0.3) is 16.4 Å². The quantitative estimate of drug-likeness (QED) is 0.165. The number of carbonyl (C=O) groups excluding carboxylic acids is 4. The highest BCUT2D eigenvalue weighted by molar-refractivity contribution is 6.11. The molecule has 5 aromatic rings. The van der Waals surface area contributed by atoms with Gasteiger partial charge in [0.2, 0.25) is 11.8 Å². The van der Waals surface area contributed by atoms with Crippen LogP contribution in [-0.4, -0.2) is 104 Å². The minimum atomic E-state index is -1.01. The van der Waals surface area contributed by atoms with Gasteiger partial charge in [0, 0.05) is 86.2 Å². The number of piperazine rings is 1. The summed E-state index contributed by atoms with van der Waals surface area (Å²) >= 11 is 0. The molecule has 3 aromatic heterocycles. The number of Topliss-reactive ketones (excluding diaryl/α,β-unsaturated/α-hetero) is 1. The van der Waals surface area contributed by atoms with E-state index in [9.17, 15) is 24.4 Å². The smallest absolute Gasteiger partial charge is 0.274 e. The molecule has 0 spiro atoms. The first kappa shape index (κ1) is 37.5. The molecule has 1 unspecified atom stereocenters. The van der Waals surface area contributed by atoms with E-state index in [0.29, 0.717) is 58.7 Å². The van der Waals surface area contributed by atoms with Crippen LogP contribution in [0.2, 0.25) is 0 Å². The molecule has 3 saturated heterocycles. The van der Waals surface area contributed by atoms with Gasteiger partial charge in [0.05, 0.1) is 40.4 Å². The molecule has 2 aromatic carbocycles. The van der Waals surface area contributed by atoms with Gasteiger partial charge < -0.3 is 10.2 Å². The summed E-state index contributed by atoms with van der Waals surface area (Å²) in [4.78, 5) is 56.9. The molecule has 3 aliphatic heterocycles. The Labute approximate surface area is 332 Å². The Morgan fingerprint density at radius 2 is 1.59 bits per heavy atom. The number of nitrogens with zero attached hydrogens (tertiary/aromatic N) is 8. The van der Waals surface area contributed by atoms with Gasteiger partial charge in [0.25, 0.3) is 5.91 Å². The van der Waals surface area contributed by atoms with Gasteiger partial charge in [0.1, 0.15) is 23.4 Å². The van der Waals surface area contributed by atoms with Gasteiger partial charge in [-0.25, -0.2) is 13.3 Å². The molecule has 16 heteroatoms. The van der Waals surface area contributed by atoms with Crippen LogP contribution in [-0.2, 0) is 9.59 Å². The summed E-state index contributed by atoms with van der Waals surface area (Å²) in [6.45, 7) is 6.59. The molecule has 3 amide bonds. The van der Waals surface area contributed by atoms with E-state index in [0.717, 1.165) is 57.2 Å². The summed E-state index contributed by atoms with van der Waals surface area (Å²) < 4.78 is 33.7. The molecule has 298 valence electrons. The lowest BCUT2D eigenvalue weighted by atomic mass is 9.89. The second-order valence-corrected chi connectivity index (χ2v) is 15.9. The predicted octanol–water partition coefficient (Wildman–Crippen LogP) is 4.80. The average molecular weight is 789 g/mol. The zero-order valence-corrected chi connectivity index (χ0v) is 32.0. The van der Waals surface area contributed by atoms with Gasteiger partial charge in [-0.3, -0.25) is 39.0 Å². The minimum absolute atomic E-state index is 0.0555. The fraction of sp³-hybridized carbons (Fsp3) is 0.405. The van der Waals surface area contributed by atoms with E-state index in [-0.39, 0.29) is 35.9 Å². The van der Waals surface area contributed by atoms with Gasteiger partial charge >= 0.3 is 0 Å². The number of anilines is 2. The van der Waals surface area contributed by atoms with Gasteiger partial charge in [-0.2, -0.15) is 15.5 Å². The third kappa shape index (κ3) is 6.98. The van der Waals surface area contributed by atoms with E-state index >= 15 is 8.78 Å². The third-order valence-corrected chi connectivity index (χ3v) is 12.5. The first-order chi connectivity index (χ1) is 28.0. The predicted molar refractivity (Wildman–Crippen MR) is 210 cm³/mol. The lowest BCUT2D eigenvalue weighted by Gasteiger charge is -2.50. The summed E-state index contributed by atoms with van der Waals surface area (Å²) in [5.41, 5.74) is 2.93. The molecule has 9 rings (SSSR count). The van der Waals surface area contributed by atoms with Gasteiger partial charge in [-0.15, -0.1) is 0 Å². The number of rotatable bonds is 8. The normalized spacial score (nSPS) is 22.2. The van der Waals surface area contributed by atoms with Crippen molar-refractivity contribution < 1.29 is 28.0 Å². The second kappa shape index (κ2) is 15.0. The van der Waals surface area contributed by atoms with Crippen molar-refractivity contribution >= 4 is 51.3 Å².